The first-order chi connectivity index (χ1) is 14.0. The van der Waals surface area contributed by atoms with E-state index >= 15 is 0 Å². The highest BCUT2D eigenvalue weighted by Gasteiger charge is 2.32. The van der Waals surface area contributed by atoms with Crippen LogP contribution in [0.5, 0.6) is 0 Å². The zero-order valence-corrected chi connectivity index (χ0v) is 16.6. The normalized spacial score (nSPS) is 12.6. The molecule has 1 N–H and O–H groups in total. The largest absolute Gasteiger partial charge is 0.416 e. The molecule has 0 aliphatic heterocycles. The van der Waals surface area contributed by atoms with Gasteiger partial charge < -0.3 is 4.98 Å². The number of hydrogen-bond donors (Lipinski definition) is 1. The predicted molar refractivity (Wildman–Crippen MR) is 102 cm³/mol. The number of H-pyrrole nitrogens is 1. The molecule has 2 heterocycles. The molecular formula is C18H11ClF4N4O2S. The van der Waals surface area contributed by atoms with E-state index < -0.39 is 27.4 Å². The first-order valence-corrected chi connectivity index (χ1v) is 10.5. The van der Waals surface area contributed by atoms with Crippen LogP contribution >= 0.6 is 11.6 Å². The number of aromatic amines is 1. The van der Waals surface area contributed by atoms with E-state index in [-0.39, 0.29) is 38.0 Å². The zero-order chi connectivity index (χ0) is 21.8. The van der Waals surface area contributed by atoms with Crippen molar-refractivity contribution in [3.05, 3.63) is 59.1 Å². The van der Waals surface area contributed by atoms with Crippen LogP contribution in [-0.2, 0) is 16.0 Å². The number of halogens is 5. The average Bonchev–Trinajstić information content (AvgIpc) is 3.26. The molecule has 0 aliphatic rings. The van der Waals surface area contributed by atoms with Crippen LogP contribution in [0.2, 0.25) is 5.02 Å². The topological polar surface area (TPSA) is 80.6 Å². The summed E-state index contributed by atoms with van der Waals surface area (Å²) in [5, 5.41) is 3.77. The van der Waals surface area contributed by atoms with Gasteiger partial charge in [0.15, 0.2) is 15.7 Å². The smallest absolute Gasteiger partial charge is 0.351 e. The Hall–Kier alpha value is -2.92. The maximum Gasteiger partial charge on any atom is 0.416 e. The zero-order valence-electron chi connectivity index (χ0n) is 15.0. The molecule has 0 atom stereocenters. The van der Waals surface area contributed by atoms with Crippen molar-refractivity contribution >= 4 is 32.3 Å². The van der Waals surface area contributed by atoms with Gasteiger partial charge in [0.05, 0.1) is 11.3 Å². The van der Waals surface area contributed by atoms with Crippen LogP contribution in [0.25, 0.3) is 28.1 Å². The molecule has 0 saturated carbocycles. The van der Waals surface area contributed by atoms with Crippen molar-refractivity contribution < 1.29 is 26.0 Å². The minimum atomic E-state index is -4.64. The highest BCUT2D eigenvalue weighted by atomic mass is 35.5. The third-order valence-electron chi connectivity index (χ3n) is 4.34. The molecule has 156 valence electrons. The number of aromatic nitrogens is 4. The summed E-state index contributed by atoms with van der Waals surface area (Å²) < 4.78 is 79.0. The second-order valence-electron chi connectivity index (χ2n) is 6.45. The minimum absolute atomic E-state index is 0.0851. The van der Waals surface area contributed by atoms with Crippen LogP contribution in [0.1, 0.15) is 5.56 Å². The first kappa shape index (κ1) is 20.4. The molecule has 4 rings (SSSR count). The third kappa shape index (κ3) is 3.43. The molecule has 0 amide bonds. The molecule has 0 bridgehead atoms. The van der Waals surface area contributed by atoms with E-state index in [9.17, 15) is 26.0 Å². The Morgan fingerprint density at radius 3 is 2.57 bits per heavy atom. The Morgan fingerprint density at radius 1 is 1.17 bits per heavy atom. The number of nitrogens with one attached hydrogen (secondary N) is 1. The van der Waals surface area contributed by atoms with Gasteiger partial charge in [0.25, 0.3) is 0 Å². The highest BCUT2D eigenvalue weighted by Crippen LogP contribution is 2.37. The van der Waals surface area contributed by atoms with Gasteiger partial charge in [0.2, 0.25) is 0 Å². The number of benzene rings is 2. The van der Waals surface area contributed by atoms with Crippen molar-refractivity contribution in [1.82, 2.24) is 19.7 Å². The summed E-state index contributed by atoms with van der Waals surface area (Å²) >= 11 is 5.94. The molecular weight excluding hydrogens is 448 g/mol. The maximum absolute atomic E-state index is 13.7. The number of alkyl halides is 3. The third-order valence-corrected chi connectivity index (χ3v) is 5.88. The van der Waals surface area contributed by atoms with Gasteiger partial charge >= 0.3 is 6.18 Å². The van der Waals surface area contributed by atoms with Crippen LogP contribution in [0.3, 0.4) is 0 Å². The Morgan fingerprint density at radius 2 is 1.90 bits per heavy atom. The Bertz CT molecular complexity index is 1390. The summed E-state index contributed by atoms with van der Waals surface area (Å²) in [5.74, 6) is -0.797. The number of fused-ring (bicyclic) bond motifs is 1. The van der Waals surface area contributed by atoms with E-state index in [1.807, 2.05) is 0 Å². The molecule has 0 fully saturated rings. The molecule has 12 heteroatoms. The summed E-state index contributed by atoms with van der Waals surface area (Å²) in [6.07, 6.45) is -2.58. The highest BCUT2D eigenvalue weighted by molar-refractivity contribution is 7.91. The molecule has 0 radical (unpaired) electrons. The van der Waals surface area contributed by atoms with Crippen LogP contribution in [0, 0.1) is 5.82 Å². The van der Waals surface area contributed by atoms with E-state index in [0.717, 1.165) is 35.2 Å². The molecule has 0 unspecified atom stereocenters. The molecule has 0 spiro atoms. The van der Waals surface area contributed by atoms with Gasteiger partial charge in [-0.25, -0.2) is 22.5 Å². The van der Waals surface area contributed by atoms with Gasteiger partial charge in [0.1, 0.15) is 27.8 Å². The predicted octanol–water partition coefficient (Wildman–Crippen LogP) is 4.63. The fourth-order valence-electron chi connectivity index (χ4n) is 3.05. The minimum Gasteiger partial charge on any atom is -0.351 e. The Labute approximate surface area is 172 Å². The van der Waals surface area contributed by atoms with Gasteiger partial charge in [-0.1, -0.05) is 17.7 Å². The number of rotatable bonds is 3. The average molecular weight is 459 g/mol. The molecule has 30 heavy (non-hydrogen) atoms. The second kappa shape index (κ2) is 6.81. The standard InChI is InChI=1S/C18H11ClF4N4O2S/c1-30(28,29)16-10-7-9(18(21,22)23)5-6-12(10)25-15(16)17-24-8-27(26-17)13-4-2-3-11(20)14(13)19/h2-8,25H,1H3. The number of sulfone groups is 1. The summed E-state index contributed by atoms with van der Waals surface area (Å²) in [6, 6.07) is 6.76. The molecule has 6 nitrogen and oxygen atoms in total. The van der Waals surface area contributed by atoms with Crippen molar-refractivity contribution in [2.24, 2.45) is 0 Å². The number of nitrogens with zero attached hydrogens (tertiary/aromatic N) is 3. The fourth-order valence-corrected chi connectivity index (χ4v) is 4.34. The van der Waals surface area contributed by atoms with Crippen molar-refractivity contribution in [3.63, 3.8) is 0 Å². The van der Waals surface area contributed by atoms with E-state index in [1.165, 1.54) is 18.5 Å². The quantitative estimate of drug-likeness (QED) is 0.454. The lowest BCUT2D eigenvalue weighted by Crippen LogP contribution is -2.05. The van der Waals surface area contributed by atoms with Crippen molar-refractivity contribution in [1.29, 1.82) is 0 Å². The summed E-state index contributed by atoms with van der Waals surface area (Å²) in [6.45, 7) is 0. The van der Waals surface area contributed by atoms with Crippen molar-refractivity contribution in [2.45, 2.75) is 11.1 Å². The number of hydrogen-bond acceptors (Lipinski definition) is 4. The maximum atomic E-state index is 13.7. The van der Waals surface area contributed by atoms with Gasteiger partial charge in [-0.2, -0.15) is 13.2 Å². The molecule has 0 saturated heterocycles. The van der Waals surface area contributed by atoms with Gasteiger partial charge in [-0.05, 0) is 30.3 Å². The molecule has 2 aromatic carbocycles. The van der Waals surface area contributed by atoms with Crippen molar-refractivity contribution in [3.8, 4) is 17.2 Å². The summed E-state index contributed by atoms with van der Waals surface area (Å²) in [5.41, 5.74) is -0.751. The monoisotopic (exact) mass is 458 g/mol. The van der Waals surface area contributed by atoms with Gasteiger partial charge in [0, 0.05) is 17.2 Å². The van der Waals surface area contributed by atoms with Gasteiger partial charge in [-0.3, -0.25) is 0 Å². The van der Waals surface area contributed by atoms with Gasteiger partial charge in [-0.15, -0.1) is 5.10 Å². The van der Waals surface area contributed by atoms with E-state index in [0.29, 0.717) is 0 Å². The lowest BCUT2D eigenvalue weighted by atomic mass is 10.1. The van der Waals surface area contributed by atoms with Crippen molar-refractivity contribution in [2.75, 3.05) is 6.26 Å². The van der Waals surface area contributed by atoms with Crippen LogP contribution in [0.4, 0.5) is 17.6 Å². The fraction of sp³-hybridized carbons (Fsp3) is 0.111. The van der Waals surface area contributed by atoms with E-state index in [4.69, 9.17) is 11.6 Å². The Kier molecular flexibility index (Phi) is 4.62. The summed E-state index contributed by atoms with van der Waals surface area (Å²) in [4.78, 5) is 6.42. The van der Waals surface area contributed by atoms with Crippen LogP contribution in [0.15, 0.2) is 47.6 Å². The summed E-state index contributed by atoms with van der Waals surface area (Å²) in [7, 11) is -3.97. The SMILES string of the molecule is CS(=O)(=O)c1c(-c2ncn(-c3cccc(F)c3Cl)n2)[nH]c2ccc(C(F)(F)F)cc12. The van der Waals surface area contributed by atoms with E-state index in [2.05, 4.69) is 15.1 Å². The molecule has 0 aliphatic carbocycles. The Balaban J connectivity index is 1.94. The van der Waals surface area contributed by atoms with E-state index in [1.54, 1.807) is 0 Å². The lowest BCUT2D eigenvalue weighted by Gasteiger charge is -2.06. The first-order valence-electron chi connectivity index (χ1n) is 8.26. The van der Waals surface area contributed by atoms with Crippen LogP contribution in [-0.4, -0.2) is 34.4 Å². The lowest BCUT2D eigenvalue weighted by molar-refractivity contribution is -0.137. The molecule has 2 aromatic heterocycles. The second-order valence-corrected chi connectivity index (χ2v) is 8.78. The molecule has 4 aromatic rings. The van der Waals surface area contributed by atoms with Crippen LogP contribution < -0.4 is 0 Å².